The van der Waals surface area contributed by atoms with Crippen molar-refractivity contribution in [3.8, 4) is 0 Å². The Morgan fingerprint density at radius 1 is 1.44 bits per heavy atom. The maximum absolute atomic E-state index is 12.0. The molecule has 0 amide bonds. The van der Waals surface area contributed by atoms with Gasteiger partial charge in [0.2, 0.25) is 0 Å². The van der Waals surface area contributed by atoms with Crippen molar-refractivity contribution in [2.45, 2.75) is 40.0 Å². The maximum Gasteiger partial charge on any atom is 0.336 e. The van der Waals surface area contributed by atoms with Gasteiger partial charge in [0, 0.05) is 29.3 Å². The Kier molecular flexibility index (Phi) is 3.55. The van der Waals surface area contributed by atoms with Crippen LogP contribution < -0.4 is 5.32 Å². The molecule has 1 N–H and O–H groups in total. The molecule has 0 fully saturated rings. The Morgan fingerprint density at radius 3 is 2.83 bits per heavy atom. The van der Waals surface area contributed by atoms with Crippen LogP contribution in [0.25, 0.3) is 0 Å². The molecule has 0 aromatic carbocycles. The molecule has 1 aliphatic carbocycles. The summed E-state index contributed by atoms with van der Waals surface area (Å²) in [6.07, 6.45) is 2.36. The molecule has 0 spiro atoms. The smallest absolute Gasteiger partial charge is 0.336 e. The average molecular weight is 249 g/mol. The minimum Gasteiger partial charge on any atom is -0.463 e. The molecule has 4 heteroatoms. The molecular weight excluding hydrogens is 230 g/mol. The first-order valence-electron chi connectivity index (χ1n) is 6.47. The quantitative estimate of drug-likeness (QED) is 0.761. The van der Waals surface area contributed by atoms with E-state index in [9.17, 15) is 9.59 Å². The monoisotopic (exact) mass is 249 g/mol. The highest BCUT2D eigenvalue weighted by molar-refractivity contribution is 6.01. The average Bonchev–Trinajstić information content (AvgIpc) is 2.28. The van der Waals surface area contributed by atoms with E-state index in [4.69, 9.17) is 4.74 Å². The maximum atomic E-state index is 12.0. The molecule has 1 heterocycles. The van der Waals surface area contributed by atoms with E-state index in [1.165, 1.54) is 0 Å². The van der Waals surface area contributed by atoms with Crippen LogP contribution in [-0.4, -0.2) is 18.4 Å². The molecule has 2 aliphatic rings. The number of carbonyl (C=O) groups excluding carboxylic acids is 2. The van der Waals surface area contributed by atoms with Crippen molar-refractivity contribution < 1.29 is 14.3 Å². The molecule has 18 heavy (non-hydrogen) atoms. The van der Waals surface area contributed by atoms with Crippen LogP contribution in [0, 0.1) is 5.92 Å². The van der Waals surface area contributed by atoms with E-state index >= 15 is 0 Å². The van der Waals surface area contributed by atoms with Gasteiger partial charge >= 0.3 is 5.97 Å². The van der Waals surface area contributed by atoms with Gasteiger partial charge in [0.05, 0.1) is 12.2 Å². The van der Waals surface area contributed by atoms with Gasteiger partial charge in [-0.05, 0) is 26.7 Å². The van der Waals surface area contributed by atoms with Gasteiger partial charge in [0.25, 0.3) is 0 Å². The van der Waals surface area contributed by atoms with Crippen LogP contribution in [0.5, 0.6) is 0 Å². The number of hydrogen-bond acceptors (Lipinski definition) is 4. The summed E-state index contributed by atoms with van der Waals surface area (Å²) >= 11 is 0. The van der Waals surface area contributed by atoms with Gasteiger partial charge in [-0.25, -0.2) is 4.79 Å². The first kappa shape index (κ1) is 12.9. The lowest BCUT2D eigenvalue weighted by atomic mass is 9.80. The number of hydrogen-bond donors (Lipinski definition) is 1. The molecule has 0 radical (unpaired) electrons. The number of nitrogens with one attached hydrogen (secondary N) is 1. The second-order valence-corrected chi connectivity index (χ2v) is 4.77. The van der Waals surface area contributed by atoms with Gasteiger partial charge in [-0.1, -0.05) is 6.92 Å². The molecule has 0 bridgehead atoms. The zero-order valence-electron chi connectivity index (χ0n) is 11.1. The topological polar surface area (TPSA) is 55.4 Å². The highest BCUT2D eigenvalue weighted by Crippen LogP contribution is 2.35. The lowest BCUT2D eigenvalue weighted by Gasteiger charge is -2.31. The summed E-state index contributed by atoms with van der Waals surface area (Å²) in [7, 11) is 0. The number of dihydropyridines is 1. The third-order valence-electron chi connectivity index (χ3n) is 3.56. The molecule has 1 atom stereocenters. The molecule has 98 valence electrons. The fraction of sp³-hybridized carbons (Fsp3) is 0.571. The van der Waals surface area contributed by atoms with Gasteiger partial charge in [-0.15, -0.1) is 0 Å². The number of esters is 1. The van der Waals surface area contributed by atoms with Gasteiger partial charge in [0.15, 0.2) is 5.78 Å². The molecule has 0 saturated carbocycles. The predicted molar refractivity (Wildman–Crippen MR) is 67.5 cm³/mol. The number of rotatable bonds is 2. The predicted octanol–water partition coefficient (Wildman–Crippen LogP) is 2.07. The summed E-state index contributed by atoms with van der Waals surface area (Å²) in [6, 6.07) is 0. The number of ketones is 1. The number of carbonyl (C=O) groups is 2. The molecule has 0 aromatic heterocycles. The first-order valence-corrected chi connectivity index (χ1v) is 6.47. The standard InChI is InChI=1S/C14H19NO3/c1-4-18-14(17)12-8(2)13-10(15-9(12)3)6-5-7-11(13)16/h8,15H,4-7H2,1-3H3. The highest BCUT2D eigenvalue weighted by Gasteiger charge is 2.35. The zero-order chi connectivity index (χ0) is 13.3. The van der Waals surface area contributed by atoms with Crippen molar-refractivity contribution in [3.05, 3.63) is 22.5 Å². The summed E-state index contributed by atoms with van der Waals surface area (Å²) in [4.78, 5) is 23.9. The minimum atomic E-state index is -0.320. The van der Waals surface area contributed by atoms with Crippen molar-refractivity contribution in [2.24, 2.45) is 5.92 Å². The largest absolute Gasteiger partial charge is 0.463 e. The molecule has 1 aliphatic heterocycles. The normalized spacial score (nSPS) is 23.7. The van der Waals surface area contributed by atoms with Gasteiger partial charge < -0.3 is 10.1 Å². The molecule has 4 nitrogen and oxygen atoms in total. The summed E-state index contributed by atoms with van der Waals surface area (Å²) in [5.74, 6) is -0.321. The summed E-state index contributed by atoms with van der Waals surface area (Å²) in [6.45, 7) is 5.91. The van der Waals surface area contributed by atoms with E-state index in [2.05, 4.69) is 5.32 Å². The third-order valence-corrected chi connectivity index (χ3v) is 3.56. The lowest BCUT2D eigenvalue weighted by Crippen LogP contribution is -2.34. The van der Waals surface area contributed by atoms with Crippen LogP contribution in [0.1, 0.15) is 40.0 Å². The summed E-state index contributed by atoms with van der Waals surface area (Å²) in [5.41, 5.74) is 3.17. The Morgan fingerprint density at radius 2 is 2.17 bits per heavy atom. The van der Waals surface area contributed by atoms with E-state index in [0.717, 1.165) is 29.8 Å². The van der Waals surface area contributed by atoms with Crippen molar-refractivity contribution in [1.82, 2.24) is 5.32 Å². The van der Waals surface area contributed by atoms with Crippen LogP contribution in [0.4, 0.5) is 0 Å². The Hall–Kier alpha value is -1.58. The van der Waals surface area contributed by atoms with Crippen LogP contribution in [0.15, 0.2) is 22.5 Å². The SMILES string of the molecule is CCOC(=O)C1=C(C)NC2=C(C(=O)CCC2)C1C. The molecule has 2 rings (SSSR count). The van der Waals surface area contributed by atoms with Crippen LogP contribution >= 0.6 is 0 Å². The van der Waals surface area contributed by atoms with E-state index in [0.29, 0.717) is 18.6 Å². The Labute approximate surface area is 107 Å². The highest BCUT2D eigenvalue weighted by atomic mass is 16.5. The molecule has 1 unspecified atom stereocenters. The molecular formula is C14H19NO3. The fourth-order valence-corrected chi connectivity index (χ4v) is 2.80. The van der Waals surface area contributed by atoms with Crippen LogP contribution in [0.2, 0.25) is 0 Å². The fourth-order valence-electron chi connectivity index (χ4n) is 2.80. The van der Waals surface area contributed by atoms with Gasteiger partial charge in [-0.2, -0.15) is 0 Å². The third kappa shape index (κ3) is 2.07. The van der Waals surface area contributed by atoms with Crippen molar-refractivity contribution >= 4 is 11.8 Å². The Bertz CT molecular complexity index is 460. The number of ether oxygens (including phenoxy) is 1. The van der Waals surface area contributed by atoms with Crippen molar-refractivity contribution in [2.75, 3.05) is 6.61 Å². The molecule has 0 aromatic rings. The second-order valence-electron chi connectivity index (χ2n) is 4.77. The van der Waals surface area contributed by atoms with E-state index < -0.39 is 0 Å². The first-order chi connectivity index (χ1) is 8.56. The van der Waals surface area contributed by atoms with E-state index in [1.54, 1.807) is 6.92 Å². The number of Topliss-reactive ketones (excluding diaryl/α,β-unsaturated/α-hetero) is 1. The minimum absolute atomic E-state index is 0.158. The summed E-state index contributed by atoms with van der Waals surface area (Å²) < 4.78 is 5.07. The zero-order valence-corrected chi connectivity index (χ0v) is 11.1. The number of allylic oxidation sites excluding steroid dienone is 3. The van der Waals surface area contributed by atoms with Crippen LogP contribution in [-0.2, 0) is 14.3 Å². The van der Waals surface area contributed by atoms with Crippen molar-refractivity contribution in [3.63, 3.8) is 0 Å². The second kappa shape index (κ2) is 4.96. The summed E-state index contributed by atoms with van der Waals surface area (Å²) in [5, 5.41) is 3.21. The lowest BCUT2D eigenvalue weighted by molar-refractivity contribution is -0.139. The van der Waals surface area contributed by atoms with E-state index in [-0.39, 0.29) is 17.7 Å². The van der Waals surface area contributed by atoms with Gasteiger partial charge in [0.1, 0.15) is 0 Å². The molecule has 0 saturated heterocycles. The van der Waals surface area contributed by atoms with Crippen LogP contribution in [0.3, 0.4) is 0 Å². The Balaban J connectivity index is 2.34. The van der Waals surface area contributed by atoms with Crippen molar-refractivity contribution in [1.29, 1.82) is 0 Å². The van der Waals surface area contributed by atoms with Gasteiger partial charge in [-0.3, -0.25) is 4.79 Å². The van der Waals surface area contributed by atoms with E-state index in [1.807, 2.05) is 13.8 Å².